The van der Waals surface area contributed by atoms with Crippen LogP contribution >= 0.6 is 11.5 Å². The van der Waals surface area contributed by atoms with Crippen LogP contribution in [0.25, 0.3) is 16.8 Å². The minimum Gasteiger partial charge on any atom is -0.497 e. The molecule has 7 heteroatoms. The zero-order chi connectivity index (χ0) is 26.2. The second-order valence-corrected chi connectivity index (χ2v) is 11.5. The maximum absolute atomic E-state index is 15.0. The minimum atomic E-state index is -0.776. The Morgan fingerprint density at radius 2 is 2.03 bits per heavy atom. The first-order chi connectivity index (χ1) is 17.8. The van der Waals surface area contributed by atoms with E-state index in [-0.39, 0.29) is 23.6 Å². The van der Waals surface area contributed by atoms with Crippen LogP contribution in [0.2, 0.25) is 0 Å². The van der Waals surface area contributed by atoms with Gasteiger partial charge in [0.25, 0.3) is 0 Å². The molecule has 3 aromatic rings. The van der Waals surface area contributed by atoms with Crippen LogP contribution in [-0.2, 0) is 11.4 Å². The number of allylic oxidation sites excluding steroid dienone is 2. The highest BCUT2D eigenvalue weighted by Gasteiger charge is 2.35. The number of hydrogen-bond acceptors (Lipinski definition) is 5. The molecule has 0 spiro atoms. The lowest BCUT2D eigenvalue weighted by Gasteiger charge is -2.24. The lowest BCUT2D eigenvalue weighted by atomic mass is 9.81. The SMILES string of the molecule is COc1ccc(F)c(-c2nsc(COc3cccc([C@@H](CC(=O)O)C4CC4)c3)c2C2=CCCC2(C)C)c1. The van der Waals surface area contributed by atoms with Gasteiger partial charge in [0.15, 0.2) is 0 Å². The van der Waals surface area contributed by atoms with Crippen LogP contribution in [-0.4, -0.2) is 22.6 Å². The molecule has 1 aromatic heterocycles. The number of hydrogen-bond donors (Lipinski definition) is 1. The van der Waals surface area contributed by atoms with E-state index in [1.807, 2.05) is 24.3 Å². The summed E-state index contributed by atoms with van der Waals surface area (Å²) in [6.07, 6.45) is 6.50. The number of carbonyl (C=O) groups is 1. The summed E-state index contributed by atoms with van der Waals surface area (Å²) in [4.78, 5) is 12.4. The number of halogens is 1. The highest BCUT2D eigenvalue weighted by molar-refractivity contribution is 7.06. The van der Waals surface area contributed by atoms with E-state index in [1.165, 1.54) is 23.2 Å². The molecule has 5 rings (SSSR count). The zero-order valence-electron chi connectivity index (χ0n) is 21.4. The number of aromatic nitrogens is 1. The zero-order valence-corrected chi connectivity index (χ0v) is 22.2. The number of nitrogens with zero attached hydrogens (tertiary/aromatic N) is 1. The summed E-state index contributed by atoms with van der Waals surface area (Å²) in [6.45, 7) is 4.72. The van der Waals surface area contributed by atoms with Gasteiger partial charge in [0.05, 0.1) is 24.1 Å². The van der Waals surface area contributed by atoms with Gasteiger partial charge < -0.3 is 14.6 Å². The van der Waals surface area contributed by atoms with E-state index in [1.54, 1.807) is 19.2 Å². The van der Waals surface area contributed by atoms with E-state index in [2.05, 4.69) is 19.9 Å². The Morgan fingerprint density at radius 3 is 2.70 bits per heavy atom. The fourth-order valence-corrected chi connectivity index (χ4v) is 6.15. The van der Waals surface area contributed by atoms with Gasteiger partial charge in [-0.05, 0) is 95.9 Å². The molecule has 2 aliphatic rings. The minimum absolute atomic E-state index is 0.00657. The summed E-state index contributed by atoms with van der Waals surface area (Å²) in [5.41, 5.74) is 4.09. The van der Waals surface area contributed by atoms with Gasteiger partial charge in [-0.2, -0.15) is 4.37 Å². The molecule has 194 valence electrons. The molecule has 0 bridgehead atoms. The molecule has 2 aromatic carbocycles. The van der Waals surface area contributed by atoms with E-state index in [0.717, 1.165) is 41.7 Å². The summed E-state index contributed by atoms with van der Waals surface area (Å²) in [5, 5.41) is 9.39. The largest absolute Gasteiger partial charge is 0.497 e. The molecule has 37 heavy (non-hydrogen) atoms. The Balaban J connectivity index is 1.47. The highest BCUT2D eigenvalue weighted by Crippen LogP contribution is 2.49. The quantitative estimate of drug-likeness (QED) is 0.296. The number of carboxylic acids is 1. The summed E-state index contributed by atoms with van der Waals surface area (Å²) < 4.78 is 31.3. The molecule has 1 heterocycles. The lowest BCUT2D eigenvalue weighted by molar-refractivity contribution is -0.137. The molecule has 0 unspecified atom stereocenters. The normalized spacial score (nSPS) is 17.4. The molecule has 0 amide bonds. The molecule has 0 aliphatic heterocycles. The number of ether oxygens (including phenoxy) is 2. The van der Waals surface area contributed by atoms with Crippen LogP contribution < -0.4 is 9.47 Å². The first-order valence-electron chi connectivity index (χ1n) is 12.7. The molecule has 2 aliphatic carbocycles. The molecule has 0 radical (unpaired) electrons. The van der Waals surface area contributed by atoms with E-state index in [4.69, 9.17) is 13.8 Å². The number of aliphatic carboxylic acids is 1. The van der Waals surface area contributed by atoms with Gasteiger partial charge in [0.2, 0.25) is 0 Å². The molecule has 1 saturated carbocycles. The molecular formula is C30H32FNO4S. The van der Waals surface area contributed by atoms with Gasteiger partial charge in [-0.3, -0.25) is 4.79 Å². The van der Waals surface area contributed by atoms with Gasteiger partial charge in [-0.25, -0.2) is 4.39 Å². The topological polar surface area (TPSA) is 68.7 Å². The van der Waals surface area contributed by atoms with Gasteiger partial charge >= 0.3 is 5.97 Å². The van der Waals surface area contributed by atoms with Gasteiger partial charge in [-0.1, -0.05) is 32.1 Å². The summed E-state index contributed by atoms with van der Waals surface area (Å²) in [6, 6.07) is 12.5. The average Bonchev–Trinajstić information content (AvgIpc) is 3.54. The van der Waals surface area contributed by atoms with Crippen molar-refractivity contribution in [2.24, 2.45) is 11.3 Å². The molecule has 1 N–H and O–H groups in total. The van der Waals surface area contributed by atoms with Crippen LogP contribution in [0.4, 0.5) is 4.39 Å². The summed E-state index contributed by atoms with van der Waals surface area (Å²) >= 11 is 1.33. The molecular weight excluding hydrogens is 489 g/mol. The van der Waals surface area contributed by atoms with Crippen molar-refractivity contribution in [2.45, 2.75) is 58.5 Å². The molecule has 5 nitrogen and oxygen atoms in total. The van der Waals surface area contributed by atoms with E-state index in [9.17, 15) is 9.90 Å². The first-order valence-corrected chi connectivity index (χ1v) is 13.5. The third kappa shape index (κ3) is 5.42. The van der Waals surface area contributed by atoms with Crippen LogP contribution in [0.15, 0.2) is 48.5 Å². The first kappa shape index (κ1) is 25.5. The van der Waals surface area contributed by atoms with Crippen molar-refractivity contribution in [3.63, 3.8) is 0 Å². The molecule has 0 saturated heterocycles. The second-order valence-electron chi connectivity index (χ2n) is 10.6. The van der Waals surface area contributed by atoms with Crippen LogP contribution in [0, 0.1) is 17.2 Å². The van der Waals surface area contributed by atoms with Crippen molar-refractivity contribution >= 4 is 23.1 Å². The Labute approximate surface area is 221 Å². The number of carboxylic acid groups (broad SMARTS) is 1. The molecule has 1 atom stereocenters. The summed E-state index contributed by atoms with van der Waals surface area (Å²) in [5.74, 6) is 0.594. The number of methoxy groups -OCH3 is 1. The second kappa shape index (κ2) is 10.3. The highest BCUT2D eigenvalue weighted by atomic mass is 32.1. The van der Waals surface area contributed by atoms with Crippen molar-refractivity contribution in [3.8, 4) is 22.8 Å². The van der Waals surface area contributed by atoms with Crippen molar-refractivity contribution in [1.82, 2.24) is 4.37 Å². The summed E-state index contributed by atoms with van der Waals surface area (Å²) in [7, 11) is 1.57. The van der Waals surface area contributed by atoms with Gasteiger partial charge in [0.1, 0.15) is 23.9 Å². The van der Waals surface area contributed by atoms with E-state index >= 15 is 4.39 Å². The third-order valence-corrected chi connectivity index (χ3v) is 8.37. The predicted molar refractivity (Wildman–Crippen MR) is 144 cm³/mol. The lowest BCUT2D eigenvalue weighted by Crippen LogP contribution is -2.11. The Hall–Kier alpha value is -3.19. The number of benzene rings is 2. The Kier molecular flexibility index (Phi) is 7.08. The fourth-order valence-electron chi connectivity index (χ4n) is 5.35. The maximum Gasteiger partial charge on any atom is 0.303 e. The van der Waals surface area contributed by atoms with Crippen molar-refractivity contribution in [1.29, 1.82) is 0 Å². The van der Waals surface area contributed by atoms with Crippen LogP contribution in [0.3, 0.4) is 0 Å². The maximum atomic E-state index is 15.0. The Bertz CT molecular complexity index is 1340. The smallest absolute Gasteiger partial charge is 0.303 e. The van der Waals surface area contributed by atoms with Crippen molar-refractivity contribution in [3.05, 3.63) is 70.4 Å². The molecule has 1 fully saturated rings. The van der Waals surface area contributed by atoms with E-state index in [0.29, 0.717) is 35.3 Å². The third-order valence-electron chi connectivity index (χ3n) is 7.55. The van der Waals surface area contributed by atoms with E-state index < -0.39 is 5.97 Å². The number of rotatable bonds is 10. The Morgan fingerprint density at radius 1 is 1.22 bits per heavy atom. The fraction of sp³-hybridized carbons (Fsp3) is 0.400. The predicted octanol–water partition coefficient (Wildman–Crippen LogP) is 7.71. The van der Waals surface area contributed by atoms with Crippen LogP contribution in [0.1, 0.15) is 67.9 Å². The van der Waals surface area contributed by atoms with Crippen LogP contribution in [0.5, 0.6) is 11.5 Å². The van der Waals surface area contributed by atoms with Crippen molar-refractivity contribution < 1.29 is 23.8 Å². The van der Waals surface area contributed by atoms with Gasteiger partial charge in [-0.15, -0.1) is 0 Å². The monoisotopic (exact) mass is 521 g/mol. The van der Waals surface area contributed by atoms with Crippen molar-refractivity contribution in [2.75, 3.05) is 7.11 Å². The average molecular weight is 522 g/mol. The van der Waals surface area contributed by atoms with Gasteiger partial charge in [0, 0.05) is 11.1 Å². The standard InChI is InChI=1S/C30H32FNO4S/c1-30(2)13-5-8-24(30)28-26(37-32-29(28)23-15-20(35-3)11-12-25(23)31)17-36-21-7-4-6-19(14-21)22(16-27(33)34)18-9-10-18/h4,6-8,11-12,14-15,18,22H,5,9-10,13,16-17H2,1-3H3,(H,33,34)/t22-/m0/s1.